The third-order valence-corrected chi connectivity index (χ3v) is 0. The van der Waals surface area contributed by atoms with Gasteiger partial charge >= 0.3 is 0 Å². The maximum Gasteiger partial charge on any atom is 0.168 e. The quantitative estimate of drug-likeness (QED) is 0.349. The van der Waals surface area contributed by atoms with Crippen molar-refractivity contribution in [1.82, 2.24) is 4.89 Å². The molecule has 20 valence electrons. The van der Waals surface area contributed by atoms with Crippen LogP contribution < -0.4 is 4.89 Å². The fourth-order valence-electron chi connectivity index (χ4n) is 0. The summed E-state index contributed by atoms with van der Waals surface area (Å²) in [6.45, 7) is 0. The maximum atomic E-state index is 4.66. The summed E-state index contributed by atoms with van der Waals surface area (Å²) in [6, 6.07) is 0. The standard InChI is InChI=1S/BH4NSi.Ti/c1-2-3;/h2H,3H3;. The SMILES string of the molecule is [B]N[SiH3].[Ti]. The first-order valence-electron chi connectivity index (χ1n) is 0.789. The Labute approximate surface area is 45.4 Å². The van der Waals surface area contributed by atoms with E-state index in [1.807, 2.05) is 0 Å². The van der Waals surface area contributed by atoms with Crippen LogP contribution in [-0.2, 0) is 21.7 Å². The van der Waals surface area contributed by atoms with Crippen molar-refractivity contribution in [3.63, 3.8) is 0 Å². The molecular formula is H4BNSiTi. The molecule has 0 amide bonds. The van der Waals surface area contributed by atoms with Gasteiger partial charge < -0.3 is 4.89 Å². The molecule has 0 atom stereocenters. The molecule has 2 radical (unpaired) electrons. The topological polar surface area (TPSA) is 12.0 Å². The van der Waals surface area contributed by atoms with Crippen LogP contribution in [0.1, 0.15) is 0 Å². The first-order valence-corrected chi connectivity index (χ1v) is 1.79. The van der Waals surface area contributed by atoms with E-state index in [9.17, 15) is 0 Å². The zero-order chi connectivity index (χ0) is 2.71. The third-order valence-electron chi connectivity index (χ3n) is 0. The second kappa shape index (κ2) is 9.03. The van der Waals surface area contributed by atoms with Gasteiger partial charge in [-0.25, -0.2) is 0 Å². The molecule has 0 aromatic heterocycles. The van der Waals surface area contributed by atoms with Gasteiger partial charge in [0.05, 0.1) is 10.4 Å². The van der Waals surface area contributed by atoms with E-state index >= 15 is 0 Å². The normalized spacial score (nSPS) is 5.00. The molecule has 0 heterocycles. The molecule has 0 aromatic rings. The van der Waals surface area contributed by atoms with Gasteiger partial charge in [0.15, 0.2) is 7.98 Å². The fraction of sp³-hybridized carbons (Fsp3) is 0. The second-order valence-electron chi connectivity index (χ2n) is 0.289. The zero-order valence-electron chi connectivity index (χ0n) is 2.58. The Morgan fingerprint density at radius 1 is 1.75 bits per heavy atom. The molecule has 0 spiro atoms. The summed E-state index contributed by atoms with van der Waals surface area (Å²) < 4.78 is 0. The van der Waals surface area contributed by atoms with Crippen LogP contribution in [0.15, 0.2) is 0 Å². The van der Waals surface area contributed by atoms with E-state index in [4.69, 9.17) is 0 Å². The van der Waals surface area contributed by atoms with Crippen LogP contribution in [0.4, 0.5) is 0 Å². The second-order valence-corrected chi connectivity index (χ2v) is 0.866. The summed E-state index contributed by atoms with van der Waals surface area (Å²) in [5, 5.41) is 0. The maximum absolute atomic E-state index is 4.66. The van der Waals surface area contributed by atoms with E-state index in [1.165, 1.54) is 0 Å². The Kier molecular flexibility index (Phi) is 20.0. The molecule has 1 N–H and O–H groups in total. The van der Waals surface area contributed by atoms with Crippen LogP contribution in [-0.4, -0.2) is 18.4 Å². The van der Waals surface area contributed by atoms with E-state index in [1.54, 1.807) is 0 Å². The fourth-order valence-corrected chi connectivity index (χ4v) is 0. The molecule has 1 nitrogen and oxygen atoms in total. The van der Waals surface area contributed by atoms with Crippen molar-refractivity contribution in [1.29, 1.82) is 0 Å². The zero-order valence-corrected chi connectivity index (χ0v) is 6.14. The van der Waals surface area contributed by atoms with Crippen LogP contribution in [0.25, 0.3) is 0 Å². The van der Waals surface area contributed by atoms with Crippen LogP contribution in [0.3, 0.4) is 0 Å². The van der Waals surface area contributed by atoms with E-state index in [2.05, 4.69) is 12.9 Å². The van der Waals surface area contributed by atoms with Crippen molar-refractivity contribution >= 4 is 18.4 Å². The summed E-state index contributed by atoms with van der Waals surface area (Å²) in [6.07, 6.45) is 0. The Bertz CT molecular complexity index is 8.00. The minimum Gasteiger partial charge on any atom is -0.396 e. The summed E-state index contributed by atoms with van der Waals surface area (Å²) in [4.78, 5) is 2.39. The number of hydrogen-bond donors (Lipinski definition) is 1. The number of rotatable bonds is 0. The van der Waals surface area contributed by atoms with Gasteiger partial charge in [-0.3, -0.25) is 0 Å². The van der Waals surface area contributed by atoms with Crippen molar-refractivity contribution in [2.24, 2.45) is 0 Å². The average molecular weight is 105 g/mol. The molecule has 0 saturated carbocycles. The van der Waals surface area contributed by atoms with Gasteiger partial charge in [-0.05, 0) is 0 Å². The molecule has 0 saturated heterocycles. The Balaban J connectivity index is 0. The van der Waals surface area contributed by atoms with Gasteiger partial charge in [0.2, 0.25) is 0 Å². The minimum absolute atomic E-state index is 0. The Hall–Kier alpha value is 0.956. The van der Waals surface area contributed by atoms with Crippen LogP contribution >= 0.6 is 0 Å². The monoisotopic (exact) mass is 105 g/mol. The van der Waals surface area contributed by atoms with Crippen molar-refractivity contribution < 1.29 is 21.7 Å². The predicted molar refractivity (Wildman–Crippen MR) is 18.8 cm³/mol. The molecule has 4 heavy (non-hydrogen) atoms. The average Bonchev–Trinajstić information content (AvgIpc) is 0.918. The van der Waals surface area contributed by atoms with Gasteiger partial charge in [0.1, 0.15) is 0 Å². The van der Waals surface area contributed by atoms with Crippen LogP contribution in [0.5, 0.6) is 0 Å². The summed E-state index contributed by atoms with van der Waals surface area (Å²) >= 11 is 0. The molecule has 4 heteroatoms. The molecule has 0 unspecified atom stereocenters. The van der Waals surface area contributed by atoms with Gasteiger partial charge in [-0.1, -0.05) is 0 Å². The van der Waals surface area contributed by atoms with Gasteiger partial charge in [0.25, 0.3) is 0 Å². The van der Waals surface area contributed by atoms with Gasteiger partial charge in [0, 0.05) is 21.7 Å². The summed E-state index contributed by atoms with van der Waals surface area (Å²) in [5.41, 5.74) is 0. The van der Waals surface area contributed by atoms with E-state index in [-0.39, 0.29) is 21.7 Å². The molecule has 0 aromatic carbocycles. The minimum atomic E-state index is 0. The molecular weight excluding hydrogens is 101 g/mol. The van der Waals surface area contributed by atoms with E-state index in [0.717, 1.165) is 10.4 Å². The Morgan fingerprint density at radius 2 is 1.75 bits per heavy atom. The van der Waals surface area contributed by atoms with Crippen molar-refractivity contribution in [2.45, 2.75) is 0 Å². The molecule has 0 aliphatic rings. The van der Waals surface area contributed by atoms with E-state index in [0.29, 0.717) is 0 Å². The van der Waals surface area contributed by atoms with Crippen molar-refractivity contribution in [2.75, 3.05) is 0 Å². The largest absolute Gasteiger partial charge is 0.396 e. The molecule has 0 aliphatic carbocycles. The first kappa shape index (κ1) is 8.88. The molecule has 0 aliphatic heterocycles. The smallest absolute Gasteiger partial charge is 0.168 e. The van der Waals surface area contributed by atoms with Crippen molar-refractivity contribution in [3.05, 3.63) is 0 Å². The molecule has 0 fully saturated rings. The van der Waals surface area contributed by atoms with Gasteiger partial charge in [-0.15, -0.1) is 0 Å². The van der Waals surface area contributed by atoms with E-state index < -0.39 is 0 Å². The van der Waals surface area contributed by atoms with Crippen LogP contribution in [0, 0.1) is 0 Å². The number of nitrogens with one attached hydrogen (secondary N) is 1. The summed E-state index contributed by atoms with van der Waals surface area (Å²) in [5.74, 6) is 0. The Morgan fingerprint density at radius 3 is 1.75 bits per heavy atom. The number of hydrogen-bond acceptors (Lipinski definition) is 1. The molecule has 0 rings (SSSR count). The summed E-state index contributed by atoms with van der Waals surface area (Å²) in [7, 11) is 5.56. The van der Waals surface area contributed by atoms with Crippen LogP contribution in [0.2, 0.25) is 0 Å². The third kappa shape index (κ3) is 12.4. The van der Waals surface area contributed by atoms with Crippen molar-refractivity contribution in [3.8, 4) is 0 Å². The first-order chi connectivity index (χ1) is 1.41. The van der Waals surface area contributed by atoms with Gasteiger partial charge in [-0.2, -0.15) is 0 Å². The predicted octanol–water partition coefficient (Wildman–Crippen LogP) is -2.06. The molecule has 0 bridgehead atoms.